The van der Waals surface area contributed by atoms with Crippen molar-refractivity contribution in [3.8, 4) is 17.3 Å². The number of hydrogen-bond donors (Lipinski definition) is 1. The van der Waals surface area contributed by atoms with Crippen LogP contribution in [0, 0.1) is 0 Å². The molecule has 1 aromatic carbocycles. The van der Waals surface area contributed by atoms with Gasteiger partial charge in [0.1, 0.15) is 16.3 Å². The Balaban J connectivity index is 1.66. The van der Waals surface area contributed by atoms with Gasteiger partial charge in [-0.25, -0.2) is 13.1 Å². The summed E-state index contributed by atoms with van der Waals surface area (Å²) in [5.74, 6) is 0.781. The third-order valence-corrected chi connectivity index (χ3v) is 5.11. The second-order valence-corrected chi connectivity index (χ2v) is 7.33. The van der Waals surface area contributed by atoms with Crippen LogP contribution in [0.15, 0.2) is 51.9 Å². The van der Waals surface area contributed by atoms with E-state index in [1.165, 1.54) is 19.2 Å². The number of methoxy groups -OCH3 is 1. The summed E-state index contributed by atoms with van der Waals surface area (Å²) in [6, 6.07) is 9.70. The molecular formula is C16H15ClN4O4S. The molecule has 0 unspecified atom stereocenters. The van der Waals surface area contributed by atoms with Crippen molar-refractivity contribution in [3.05, 3.63) is 53.5 Å². The number of ether oxygens (including phenoxy) is 1. The number of nitrogens with one attached hydrogen (secondary N) is 1. The standard InChI is InChI=1S/C16H15ClN4O4S/c1-24-13-6-5-11(17)10-14(13)26(22,23)19-9-7-15-20-21-16(25-15)12-4-2-3-8-18-12/h2-6,8,10,19H,7,9H2,1H3. The van der Waals surface area contributed by atoms with Crippen molar-refractivity contribution >= 4 is 21.6 Å². The molecule has 1 N–H and O–H groups in total. The molecular weight excluding hydrogens is 380 g/mol. The number of aromatic nitrogens is 3. The third-order valence-electron chi connectivity index (χ3n) is 3.40. The summed E-state index contributed by atoms with van der Waals surface area (Å²) < 4.78 is 37.9. The minimum absolute atomic E-state index is 0.0350. The van der Waals surface area contributed by atoms with E-state index < -0.39 is 10.0 Å². The molecule has 0 saturated carbocycles. The Labute approximate surface area is 155 Å². The van der Waals surface area contributed by atoms with Crippen LogP contribution in [0.3, 0.4) is 0 Å². The van der Waals surface area contributed by atoms with E-state index in [0.29, 0.717) is 16.6 Å². The highest BCUT2D eigenvalue weighted by Crippen LogP contribution is 2.26. The van der Waals surface area contributed by atoms with E-state index in [0.717, 1.165) is 0 Å². The average molecular weight is 395 g/mol. The minimum Gasteiger partial charge on any atom is -0.495 e. The summed E-state index contributed by atoms with van der Waals surface area (Å²) in [5, 5.41) is 8.09. The van der Waals surface area contributed by atoms with E-state index in [4.69, 9.17) is 20.8 Å². The summed E-state index contributed by atoms with van der Waals surface area (Å²) in [7, 11) is -2.41. The highest BCUT2D eigenvalue weighted by atomic mass is 35.5. The Bertz CT molecular complexity index is 992. The van der Waals surface area contributed by atoms with E-state index in [1.807, 2.05) is 0 Å². The molecule has 3 aromatic rings. The Morgan fingerprint density at radius 1 is 1.23 bits per heavy atom. The molecule has 3 rings (SSSR count). The predicted octanol–water partition coefficient (Wildman–Crippen LogP) is 2.31. The maximum absolute atomic E-state index is 12.5. The quantitative estimate of drug-likeness (QED) is 0.655. The van der Waals surface area contributed by atoms with Crippen LogP contribution in [0.1, 0.15) is 5.89 Å². The van der Waals surface area contributed by atoms with Crippen LogP contribution in [-0.2, 0) is 16.4 Å². The van der Waals surface area contributed by atoms with E-state index in [9.17, 15) is 8.42 Å². The fourth-order valence-corrected chi connectivity index (χ4v) is 3.64. The van der Waals surface area contributed by atoms with E-state index in [-0.39, 0.29) is 29.5 Å². The topological polar surface area (TPSA) is 107 Å². The first-order valence-electron chi connectivity index (χ1n) is 7.56. The first kappa shape index (κ1) is 18.3. The van der Waals surface area contributed by atoms with Crippen LogP contribution in [0.2, 0.25) is 5.02 Å². The lowest BCUT2D eigenvalue weighted by atomic mass is 10.3. The molecule has 0 aliphatic rings. The van der Waals surface area contributed by atoms with E-state index >= 15 is 0 Å². The summed E-state index contributed by atoms with van der Waals surface area (Å²) in [6.45, 7) is 0.0713. The highest BCUT2D eigenvalue weighted by molar-refractivity contribution is 7.89. The van der Waals surface area contributed by atoms with Crippen molar-refractivity contribution in [2.45, 2.75) is 11.3 Å². The number of pyridine rings is 1. The Morgan fingerprint density at radius 3 is 2.81 bits per heavy atom. The molecule has 0 bridgehead atoms. The zero-order valence-electron chi connectivity index (χ0n) is 13.7. The van der Waals surface area contributed by atoms with Gasteiger partial charge in [0, 0.05) is 24.2 Å². The van der Waals surface area contributed by atoms with E-state index in [1.54, 1.807) is 30.5 Å². The van der Waals surface area contributed by atoms with Crippen molar-refractivity contribution in [2.75, 3.05) is 13.7 Å². The highest BCUT2D eigenvalue weighted by Gasteiger charge is 2.20. The lowest BCUT2D eigenvalue weighted by molar-refractivity contribution is 0.402. The number of sulfonamides is 1. The second-order valence-electron chi connectivity index (χ2n) is 5.16. The lowest BCUT2D eigenvalue weighted by Gasteiger charge is -2.10. The molecule has 0 aliphatic heterocycles. The molecule has 26 heavy (non-hydrogen) atoms. The molecule has 0 atom stereocenters. The van der Waals surface area contributed by atoms with Crippen molar-refractivity contribution in [1.82, 2.24) is 19.9 Å². The molecule has 0 amide bonds. The second kappa shape index (κ2) is 7.81. The fourth-order valence-electron chi connectivity index (χ4n) is 2.18. The Kier molecular flexibility index (Phi) is 5.50. The van der Waals surface area contributed by atoms with Crippen molar-refractivity contribution < 1.29 is 17.6 Å². The molecule has 0 saturated heterocycles. The molecule has 136 valence electrons. The number of benzene rings is 1. The van der Waals surface area contributed by atoms with Gasteiger partial charge in [-0.05, 0) is 30.3 Å². The molecule has 2 aromatic heterocycles. The van der Waals surface area contributed by atoms with Gasteiger partial charge < -0.3 is 9.15 Å². The summed E-state index contributed by atoms with van der Waals surface area (Å²) in [5.41, 5.74) is 0.551. The van der Waals surface area contributed by atoms with Gasteiger partial charge in [0.15, 0.2) is 0 Å². The van der Waals surface area contributed by atoms with Gasteiger partial charge in [-0.15, -0.1) is 10.2 Å². The monoisotopic (exact) mass is 394 g/mol. The molecule has 0 radical (unpaired) electrons. The van der Waals surface area contributed by atoms with Gasteiger partial charge in [-0.1, -0.05) is 17.7 Å². The maximum Gasteiger partial charge on any atom is 0.266 e. The first-order valence-corrected chi connectivity index (χ1v) is 9.43. The molecule has 0 fully saturated rings. The van der Waals surface area contributed by atoms with E-state index in [2.05, 4.69) is 19.9 Å². The summed E-state index contributed by atoms with van der Waals surface area (Å²) >= 11 is 5.88. The predicted molar refractivity (Wildman–Crippen MR) is 94.4 cm³/mol. The van der Waals surface area contributed by atoms with Crippen LogP contribution in [0.5, 0.6) is 5.75 Å². The van der Waals surface area contributed by atoms with Crippen molar-refractivity contribution in [3.63, 3.8) is 0 Å². The van der Waals surface area contributed by atoms with Crippen LogP contribution in [0.4, 0.5) is 0 Å². The average Bonchev–Trinajstić information content (AvgIpc) is 3.11. The van der Waals surface area contributed by atoms with Gasteiger partial charge in [0.05, 0.1) is 7.11 Å². The largest absolute Gasteiger partial charge is 0.495 e. The van der Waals surface area contributed by atoms with Crippen LogP contribution in [0.25, 0.3) is 11.6 Å². The number of halogens is 1. The van der Waals surface area contributed by atoms with Gasteiger partial charge in [0.2, 0.25) is 15.9 Å². The number of nitrogens with zero attached hydrogens (tertiary/aromatic N) is 3. The molecule has 2 heterocycles. The SMILES string of the molecule is COc1ccc(Cl)cc1S(=O)(=O)NCCc1nnc(-c2ccccn2)o1. The Hall–Kier alpha value is -2.49. The van der Waals surface area contributed by atoms with Gasteiger partial charge in [0.25, 0.3) is 5.89 Å². The number of rotatable bonds is 7. The number of hydrogen-bond acceptors (Lipinski definition) is 7. The molecule has 10 heteroatoms. The zero-order valence-corrected chi connectivity index (χ0v) is 15.3. The minimum atomic E-state index is -3.80. The summed E-state index contributed by atoms with van der Waals surface area (Å²) in [6.07, 6.45) is 1.84. The Morgan fingerprint density at radius 2 is 2.08 bits per heavy atom. The van der Waals surface area contributed by atoms with Crippen LogP contribution >= 0.6 is 11.6 Å². The van der Waals surface area contributed by atoms with Crippen LogP contribution < -0.4 is 9.46 Å². The molecule has 0 spiro atoms. The zero-order chi connectivity index (χ0) is 18.6. The first-order chi connectivity index (χ1) is 12.5. The van der Waals surface area contributed by atoms with Gasteiger partial charge >= 0.3 is 0 Å². The maximum atomic E-state index is 12.5. The lowest BCUT2D eigenvalue weighted by Crippen LogP contribution is -2.26. The van der Waals surface area contributed by atoms with Gasteiger partial charge in [-0.2, -0.15) is 0 Å². The van der Waals surface area contributed by atoms with Crippen molar-refractivity contribution in [2.24, 2.45) is 0 Å². The van der Waals surface area contributed by atoms with Crippen molar-refractivity contribution in [1.29, 1.82) is 0 Å². The normalized spacial score (nSPS) is 11.5. The smallest absolute Gasteiger partial charge is 0.266 e. The van der Waals surface area contributed by atoms with Crippen LogP contribution in [-0.4, -0.2) is 37.3 Å². The summed E-state index contributed by atoms with van der Waals surface area (Å²) in [4.78, 5) is 4.08. The molecule has 8 nitrogen and oxygen atoms in total. The molecule has 0 aliphatic carbocycles. The van der Waals surface area contributed by atoms with Gasteiger partial charge in [-0.3, -0.25) is 4.98 Å². The third kappa shape index (κ3) is 4.18. The fraction of sp³-hybridized carbons (Fsp3) is 0.188.